The molecular formula is C6H8N3O4P-2. The lowest BCUT2D eigenvalue weighted by Crippen LogP contribution is -2.16. The predicted octanol–water partition coefficient (Wildman–Crippen LogP) is -1.29. The lowest BCUT2D eigenvalue weighted by molar-refractivity contribution is -0.342. The minimum atomic E-state index is -4.97. The minimum absolute atomic E-state index is 0.103. The van der Waals surface area contributed by atoms with Crippen molar-refractivity contribution < 1.29 is 18.9 Å². The Kier molecular flexibility index (Phi) is 3.17. The van der Waals surface area contributed by atoms with Crippen molar-refractivity contribution >= 4 is 13.6 Å². The first-order valence-electron chi connectivity index (χ1n) is 3.63. The van der Waals surface area contributed by atoms with E-state index in [1.165, 1.54) is 6.20 Å². The van der Waals surface area contributed by atoms with Gasteiger partial charge in [0, 0.05) is 11.8 Å². The van der Waals surface area contributed by atoms with Crippen LogP contribution >= 0.6 is 7.82 Å². The van der Waals surface area contributed by atoms with E-state index in [4.69, 9.17) is 5.73 Å². The predicted molar refractivity (Wildman–Crippen MR) is 43.6 cm³/mol. The highest BCUT2D eigenvalue weighted by atomic mass is 31.2. The summed E-state index contributed by atoms with van der Waals surface area (Å²) in [5.74, 6) is 0.560. The van der Waals surface area contributed by atoms with E-state index in [0.29, 0.717) is 5.82 Å². The van der Waals surface area contributed by atoms with Crippen molar-refractivity contribution in [3.05, 3.63) is 17.6 Å². The third-order valence-electron chi connectivity index (χ3n) is 1.40. The van der Waals surface area contributed by atoms with E-state index in [0.717, 1.165) is 0 Å². The standard InChI is InChI=1S/C6H10N3O4P/c1-4-8-2-5(6(7)9-4)3-13-14(10,11)12/h2H,3H2,1H3,(H2,7,8,9)(H2,10,11,12)/p-2. The number of nitrogens with two attached hydrogens (primary N) is 1. The van der Waals surface area contributed by atoms with E-state index in [9.17, 15) is 14.4 Å². The summed E-state index contributed by atoms with van der Waals surface area (Å²) < 4.78 is 14.2. The number of phosphoric acid groups is 1. The zero-order valence-electron chi connectivity index (χ0n) is 7.34. The van der Waals surface area contributed by atoms with Gasteiger partial charge in [-0.3, -0.25) is 0 Å². The SMILES string of the molecule is Cc1ncc(COP(=O)([O-])[O-])c(N)n1. The van der Waals surface area contributed by atoms with E-state index in [1.807, 2.05) is 0 Å². The number of nitrogens with zero attached hydrogens (tertiary/aromatic N) is 2. The molecule has 0 atom stereocenters. The van der Waals surface area contributed by atoms with Crippen molar-refractivity contribution in [3.8, 4) is 0 Å². The Labute approximate surface area is 80.2 Å². The second kappa shape index (κ2) is 4.02. The van der Waals surface area contributed by atoms with Crippen LogP contribution in [0.5, 0.6) is 0 Å². The summed E-state index contributed by atoms with van der Waals surface area (Å²) in [5.41, 5.74) is 5.69. The molecule has 0 aromatic carbocycles. The van der Waals surface area contributed by atoms with Crippen LogP contribution < -0.4 is 15.5 Å². The number of hydrogen-bond acceptors (Lipinski definition) is 7. The number of hydrogen-bond donors (Lipinski definition) is 1. The Morgan fingerprint density at radius 3 is 2.79 bits per heavy atom. The molecule has 14 heavy (non-hydrogen) atoms. The molecule has 0 saturated heterocycles. The van der Waals surface area contributed by atoms with Crippen LogP contribution in [-0.2, 0) is 15.7 Å². The zero-order chi connectivity index (χ0) is 10.8. The fraction of sp³-hybridized carbons (Fsp3) is 0.333. The van der Waals surface area contributed by atoms with Gasteiger partial charge in [0.15, 0.2) is 0 Å². The summed E-state index contributed by atoms with van der Waals surface area (Å²) in [6, 6.07) is 0. The fourth-order valence-electron chi connectivity index (χ4n) is 0.772. The van der Waals surface area contributed by atoms with Crippen molar-refractivity contribution in [2.45, 2.75) is 13.5 Å². The summed E-state index contributed by atoms with van der Waals surface area (Å²) in [5, 5.41) is 0. The van der Waals surface area contributed by atoms with E-state index >= 15 is 0 Å². The van der Waals surface area contributed by atoms with Crippen molar-refractivity contribution in [2.24, 2.45) is 0 Å². The van der Waals surface area contributed by atoms with Crippen LogP contribution in [0.15, 0.2) is 6.20 Å². The minimum Gasteiger partial charge on any atom is -0.790 e. The summed E-state index contributed by atoms with van der Waals surface area (Å²) >= 11 is 0. The molecule has 0 bridgehead atoms. The first kappa shape index (κ1) is 11.1. The monoisotopic (exact) mass is 217 g/mol. The highest BCUT2D eigenvalue weighted by Gasteiger charge is 2.02. The van der Waals surface area contributed by atoms with E-state index < -0.39 is 14.4 Å². The third kappa shape index (κ3) is 3.39. The van der Waals surface area contributed by atoms with Crippen LogP contribution in [0.1, 0.15) is 11.4 Å². The van der Waals surface area contributed by atoms with Gasteiger partial charge in [0.2, 0.25) is 0 Å². The highest BCUT2D eigenvalue weighted by molar-refractivity contribution is 7.43. The second-order valence-electron chi connectivity index (χ2n) is 2.55. The smallest absolute Gasteiger partial charge is 0.132 e. The molecule has 1 aromatic rings. The average Bonchev–Trinajstić information content (AvgIpc) is 2.00. The molecule has 0 aliphatic heterocycles. The van der Waals surface area contributed by atoms with Gasteiger partial charge >= 0.3 is 0 Å². The van der Waals surface area contributed by atoms with Crippen molar-refractivity contribution in [1.29, 1.82) is 0 Å². The largest absolute Gasteiger partial charge is 0.790 e. The first-order valence-corrected chi connectivity index (χ1v) is 5.09. The van der Waals surface area contributed by atoms with Gasteiger partial charge in [-0.15, -0.1) is 0 Å². The molecule has 8 heteroatoms. The van der Waals surface area contributed by atoms with Gasteiger partial charge in [-0.05, 0) is 6.92 Å². The lowest BCUT2D eigenvalue weighted by atomic mass is 10.3. The van der Waals surface area contributed by atoms with Crippen molar-refractivity contribution in [1.82, 2.24) is 9.97 Å². The van der Waals surface area contributed by atoms with Crippen molar-refractivity contribution in [3.63, 3.8) is 0 Å². The fourth-order valence-corrected chi connectivity index (χ4v) is 1.07. The maximum absolute atomic E-state index is 10.2. The van der Waals surface area contributed by atoms with Gasteiger partial charge in [0.05, 0.1) is 14.4 Å². The summed E-state index contributed by atoms with van der Waals surface area (Å²) in [7, 11) is -4.97. The molecule has 1 heterocycles. The van der Waals surface area contributed by atoms with Crippen LogP contribution in [0, 0.1) is 6.92 Å². The Hall–Kier alpha value is -1.01. The molecule has 1 rings (SSSR count). The maximum Gasteiger partial charge on any atom is 0.132 e. The molecular weight excluding hydrogens is 209 g/mol. The lowest BCUT2D eigenvalue weighted by Gasteiger charge is -2.28. The van der Waals surface area contributed by atoms with Crippen LogP contribution in [-0.4, -0.2) is 9.97 Å². The normalized spacial score (nSPS) is 11.6. The molecule has 0 aliphatic carbocycles. The number of rotatable bonds is 3. The topological polar surface area (TPSA) is 124 Å². The summed E-state index contributed by atoms with van der Waals surface area (Å²) in [4.78, 5) is 27.8. The Balaban J connectivity index is 2.73. The maximum atomic E-state index is 10.2. The summed E-state index contributed by atoms with van der Waals surface area (Å²) in [6.07, 6.45) is 1.31. The van der Waals surface area contributed by atoms with Gasteiger partial charge in [-0.2, -0.15) is 0 Å². The summed E-state index contributed by atoms with van der Waals surface area (Å²) in [6.45, 7) is 1.20. The van der Waals surface area contributed by atoms with E-state index in [2.05, 4.69) is 14.5 Å². The van der Waals surface area contributed by atoms with E-state index in [-0.39, 0.29) is 11.4 Å². The molecule has 0 unspecified atom stereocenters. The number of aromatic nitrogens is 2. The average molecular weight is 217 g/mol. The van der Waals surface area contributed by atoms with Gasteiger partial charge in [-0.1, -0.05) is 0 Å². The van der Waals surface area contributed by atoms with Crippen molar-refractivity contribution in [2.75, 3.05) is 5.73 Å². The molecule has 78 valence electrons. The Morgan fingerprint density at radius 2 is 2.29 bits per heavy atom. The molecule has 0 fully saturated rings. The number of aryl methyl sites for hydroxylation is 1. The molecule has 0 radical (unpaired) electrons. The second-order valence-corrected chi connectivity index (χ2v) is 3.70. The van der Waals surface area contributed by atoms with Crippen LogP contribution in [0.25, 0.3) is 0 Å². The quantitative estimate of drug-likeness (QED) is 0.624. The first-order chi connectivity index (χ1) is 6.38. The Morgan fingerprint density at radius 1 is 1.64 bits per heavy atom. The van der Waals surface area contributed by atoms with Gasteiger partial charge in [-0.25, -0.2) is 9.97 Å². The molecule has 7 nitrogen and oxygen atoms in total. The van der Waals surface area contributed by atoms with Gasteiger partial charge in [0.25, 0.3) is 0 Å². The highest BCUT2D eigenvalue weighted by Crippen LogP contribution is 2.27. The van der Waals surface area contributed by atoms with Crippen LogP contribution in [0.2, 0.25) is 0 Å². The Bertz CT molecular complexity index is 377. The molecule has 0 spiro atoms. The molecule has 0 saturated carbocycles. The van der Waals surface area contributed by atoms with Crippen LogP contribution in [0.3, 0.4) is 0 Å². The molecule has 2 N–H and O–H groups in total. The van der Waals surface area contributed by atoms with E-state index in [1.54, 1.807) is 6.92 Å². The molecule has 0 aliphatic rings. The number of anilines is 1. The third-order valence-corrected chi connectivity index (χ3v) is 1.84. The molecule has 1 aromatic heterocycles. The van der Waals surface area contributed by atoms with Gasteiger partial charge in [0.1, 0.15) is 11.6 Å². The molecule has 0 amide bonds. The number of nitrogen functional groups attached to an aromatic ring is 1. The van der Waals surface area contributed by atoms with Crippen LogP contribution in [0.4, 0.5) is 5.82 Å². The zero-order valence-corrected chi connectivity index (χ0v) is 8.23. The van der Waals surface area contributed by atoms with Gasteiger partial charge < -0.3 is 24.6 Å². The number of phosphoric ester groups is 1.